The van der Waals surface area contributed by atoms with Crippen LogP contribution in [0.25, 0.3) is 0 Å². The Morgan fingerprint density at radius 2 is 2.06 bits per heavy atom. The van der Waals surface area contributed by atoms with Gasteiger partial charge in [-0.2, -0.15) is 0 Å². The molecule has 88 valence electrons. The molecule has 1 aromatic carbocycles. The van der Waals surface area contributed by atoms with E-state index in [9.17, 15) is 0 Å². The van der Waals surface area contributed by atoms with Crippen molar-refractivity contribution in [2.24, 2.45) is 0 Å². The quantitative estimate of drug-likeness (QED) is 0.770. The van der Waals surface area contributed by atoms with E-state index in [1.54, 1.807) is 11.3 Å². The molecule has 0 saturated carbocycles. The number of thiophene rings is 1. The first-order valence-corrected chi connectivity index (χ1v) is 7.02. The molecule has 0 saturated heterocycles. The molecular formula is C13H11Cl2NS. The highest BCUT2D eigenvalue weighted by Gasteiger charge is 2.26. The lowest BCUT2D eigenvalue weighted by Gasteiger charge is -2.09. The minimum absolute atomic E-state index is 0.307. The monoisotopic (exact) mass is 283 g/mol. The van der Waals surface area contributed by atoms with Crippen LogP contribution in [0.5, 0.6) is 0 Å². The van der Waals surface area contributed by atoms with Gasteiger partial charge in [-0.1, -0.05) is 29.3 Å². The van der Waals surface area contributed by atoms with Crippen molar-refractivity contribution < 1.29 is 0 Å². The molecule has 4 heteroatoms. The van der Waals surface area contributed by atoms with Crippen LogP contribution in [0.4, 0.5) is 5.69 Å². The van der Waals surface area contributed by atoms with Crippen LogP contribution in [0, 0.1) is 6.92 Å². The van der Waals surface area contributed by atoms with E-state index in [1.807, 2.05) is 12.1 Å². The zero-order valence-corrected chi connectivity index (χ0v) is 11.6. The predicted molar refractivity (Wildman–Crippen MR) is 75.6 cm³/mol. The van der Waals surface area contributed by atoms with E-state index < -0.39 is 0 Å². The number of nitrogens with one attached hydrogen (secondary N) is 1. The lowest BCUT2D eigenvalue weighted by Crippen LogP contribution is -2.03. The topological polar surface area (TPSA) is 12.0 Å². The Bertz CT molecular complexity index is 546. The average molecular weight is 284 g/mol. The smallest absolute Gasteiger partial charge is 0.0932 e. The Balaban J connectivity index is 1.98. The summed E-state index contributed by atoms with van der Waals surface area (Å²) >= 11 is 13.8. The standard InChI is InChI=1S/C13H11Cl2NS/c1-7-2-3-9(14)8-6-10(16-13(7)8)11-4-5-12(15)17-11/h2-5,10,16H,6H2,1H3. The van der Waals surface area contributed by atoms with Crippen LogP contribution in [-0.4, -0.2) is 0 Å². The third-order valence-corrected chi connectivity index (χ3v) is 4.83. The summed E-state index contributed by atoms with van der Waals surface area (Å²) in [7, 11) is 0. The predicted octanol–water partition coefficient (Wildman–Crippen LogP) is 5.07. The summed E-state index contributed by atoms with van der Waals surface area (Å²) in [6.45, 7) is 2.10. The van der Waals surface area contributed by atoms with Crippen molar-refractivity contribution in [2.75, 3.05) is 5.32 Å². The summed E-state index contributed by atoms with van der Waals surface area (Å²) in [6, 6.07) is 8.36. The molecule has 1 atom stereocenters. The number of rotatable bonds is 1. The molecule has 2 heterocycles. The zero-order valence-electron chi connectivity index (χ0n) is 9.26. The minimum atomic E-state index is 0.307. The molecular weight excluding hydrogens is 273 g/mol. The van der Waals surface area contributed by atoms with Crippen LogP contribution in [0.2, 0.25) is 9.36 Å². The summed E-state index contributed by atoms with van der Waals surface area (Å²) in [4.78, 5) is 1.27. The first-order valence-electron chi connectivity index (χ1n) is 5.45. The molecule has 3 rings (SSSR count). The van der Waals surface area contributed by atoms with Gasteiger partial charge < -0.3 is 5.32 Å². The Morgan fingerprint density at radius 1 is 1.24 bits per heavy atom. The van der Waals surface area contributed by atoms with Crippen LogP contribution < -0.4 is 5.32 Å². The molecule has 1 aliphatic heterocycles. The number of hydrogen-bond acceptors (Lipinski definition) is 2. The fraction of sp³-hybridized carbons (Fsp3) is 0.231. The van der Waals surface area contributed by atoms with Crippen LogP contribution in [0.1, 0.15) is 22.0 Å². The lowest BCUT2D eigenvalue weighted by molar-refractivity contribution is 0.843. The van der Waals surface area contributed by atoms with Crippen molar-refractivity contribution >= 4 is 40.2 Å². The van der Waals surface area contributed by atoms with E-state index in [-0.39, 0.29) is 0 Å². The summed E-state index contributed by atoms with van der Waals surface area (Å²) in [5.41, 5.74) is 3.66. The van der Waals surface area contributed by atoms with Crippen molar-refractivity contribution in [1.82, 2.24) is 0 Å². The maximum absolute atomic E-state index is 6.24. The Morgan fingerprint density at radius 3 is 2.71 bits per heavy atom. The van der Waals surface area contributed by atoms with Gasteiger partial charge in [-0.25, -0.2) is 0 Å². The van der Waals surface area contributed by atoms with Gasteiger partial charge in [-0.05, 0) is 36.2 Å². The van der Waals surface area contributed by atoms with Gasteiger partial charge in [0.25, 0.3) is 0 Å². The normalized spacial score (nSPS) is 17.9. The number of hydrogen-bond donors (Lipinski definition) is 1. The van der Waals surface area contributed by atoms with Crippen molar-refractivity contribution in [3.63, 3.8) is 0 Å². The number of fused-ring (bicyclic) bond motifs is 1. The highest BCUT2D eigenvalue weighted by atomic mass is 35.5. The van der Waals surface area contributed by atoms with Gasteiger partial charge in [-0.15, -0.1) is 11.3 Å². The van der Waals surface area contributed by atoms with Gasteiger partial charge in [-0.3, -0.25) is 0 Å². The lowest BCUT2D eigenvalue weighted by atomic mass is 10.1. The first kappa shape index (κ1) is 11.4. The molecule has 1 nitrogen and oxygen atoms in total. The maximum Gasteiger partial charge on any atom is 0.0932 e. The van der Waals surface area contributed by atoms with Crippen molar-refractivity contribution in [3.05, 3.63) is 49.6 Å². The maximum atomic E-state index is 6.24. The molecule has 1 aromatic heterocycles. The second kappa shape index (κ2) is 4.20. The number of halogens is 2. The average Bonchev–Trinajstić information content (AvgIpc) is 2.90. The highest BCUT2D eigenvalue weighted by Crippen LogP contribution is 2.42. The molecule has 1 aliphatic rings. The number of anilines is 1. The minimum Gasteiger partial charge on any atom is -0.377 e. The largest absolute Gasteiger partial charge is 0.377 e. The molecule has 0 bridgehead atoms. The van der Waals surface area contributed by atoms with Gasteiger partial charge in [0.1, 0.15) is 0 Å². The molecule has 0 spiro atoms. The second-order valence-electron chi connectivity index (χ2n) is 4.26. The SMILES string of the molecule is Cc1ccc(Cl)c2c1NC(c1ccc(Cl)s1)C2. The van der Waals surface area contributed by atoms with Crippen LogP contribution in [0.3, 0.4) is 0 Å². The van der Waals surface area contributed by atoms with Crippen molar-refractivity contribution in [1.29, 1.82) is 0 Å². The van der Waals surface area contributed by atoms with E-state index in [2.05, 4.69) is 24.4 Å². The Labute approximate surface area is 114 Å². The fourth-order valence-corrected chi connectivity index (χ4v) is 3.60. The van der Waals surface area contributed by atoms with E-state index in [4.69, 9.17) is 23.2 Å². The van der Waals surface area contributed by atoms with Gasteiger partial charge >= 0.3 is 0 Å². The van der Waals surface area contributed by atoms with Crippen molar-refractivity contribution in [3.8, 4) is 0 Å². The summed E-state index contributed by atoms with van der Waals surface area (Å²) < 4.78 is 0.834. The van der Waals surface area contributed by atoms with E-state index in [0.717, 1.165) is 15.8 Å². The van der Waals surface area contributed by atoms with Gasteiger partial charge in [0.15, 0.2) is 0 Å². The zero-order chi connectivity index (χ0) is 12.0. The third-order valence-electron chi connectivity index (χ3n) is 3.13. The summed E-state index contributed by atoms with van der Waals surface area (Å²) in [5.74, 6) is 0. The van der Waals surface area contributed by atoms with Gasteiger partial charge in [0, 0.05) is 22.0 Å². The molecule has 0 amide bonds. The summed E-state index contributed by atoms with van der Waals surface area (Å²) in [5, 5.41) is 4.39. The molecule has 17 heavy (non-hydrogen) atoms. The molecule has 1 N–H and O–H groups in total. The van der Waals surface area contributed by atoms with E-state index >= 15 is 0 Å². The third kappa shape index (κ3) is 1.95. The van der Waals surface area contributed by atoms with E-state index in [0.29, 0.717) is 6.04 Å². The number of aryl methyl sites for hydroxylation is 1. The fourth-order valence-electron chi connectivity index (χ4n) is 2.26. The van der Waals surface area contributed by atoms with Crippen LogP contribution in [0.15, 0.2) is 24.3 Å². The molecule has 1 unspecified atom stereocenters. The Hall–Kier alpha value is -0.700. The first-order chi connectivity index (χ1) is 8.15. The van der Waals surface area contributed by atoms with E-state index in [1.165, 1.54) is 21.7 Å². The molecule has 0 fully saturated rings. The van der Waals surface area contributed by atoms with Crippen LogP contribution >= 0.6 is 34.5 Å². The molecule has 0 radical (unpaired) electrons. The highest BCUT2D eigenvalue weighted by molar-refractivity contribution is 7.16. The second-order valence-corrected chi connectivity index (χ2v) is 6.41. The molecule has 2 aromatic rings. The van der Waals surface area contributed by atoms with Gasteiger partial charge in [0.2, 0.25) is 0 Å². The molecule has 0 aliphatic carbocycles. The van der Waals surface area contributed by atoms with Crippen molar-refractivity contribution in [2.45, 2.75) is 19.4 Å². The number of benzene rings is 1. The van der Waals surface area contributed by atoms with Gasteiger partial charge in [0.05, 0.1) is 10.4 Å². The Kier molecular flexibility index (Phi) is 2.81. The van der Waals surface area contributed by atoms with Crippen LogP contribution in [-0.2, 0) is 6.42 Å². The summed E-state index contributed by atoms with van der Waals surface area (Å²) in [6.07, 6.45) is 0.937.